The van der Waals surface area contributed by atoms with E-state index in [0.29, 0.717) is 0 Å². The molecule has 6 heteroatoms. The van der Waals surface area contributed by atoms with Crippen molar-refractivity contribution in [2.75, 3.05) is 0 Å². The first-order chi connectivity index (χ1) is 7.42. The van der Waals surface area contributed by atoms with Gasteiger partial charge in [0.05, 0.1) is 6.04 Å². The van der Waals surface area contributed by atoms with Crippen molar-refractivity contribution in [3.8, 4) is 0 Å². The first kappa shape index (κ1) is 22.3. The van der Waals surface area contributed by atoms with Crippen LogP contribution in [0.5, 0.6) is 0 Å². The molecule has 19 heavy (non-hydrogen) atoms. The number of nitrogens with one attached hydrogen (secondary N) is 1. The Balaban J connectivity index is -0.000000640. The van der Waals surface area contributed by atoms with Crippen molar-refractivity contribution in [3.63, 3.8) is 0 Å². The van der Waals surface area contributed by atoms with Gasteiger partial charge in [0.15, 0.2) is 0 Å². The van der Waals surface area contributed by atoms with Gasteiger partial charge in [0.1, 0.15) is 0 Å². The predicted octanol–water partition coefficient (Wildman–Crippen LogP) is 2.85. The Labute approximate surface area is 109 Å². The largest absolute Gasteiger partial charge is 0.271 e. The van der Waals surface area contributed by atoms with Gasteiger partial charge in [-0.3, -0.25) is 24.7 Å². The summed E-state index contributed by atoms with van der Waals surface area (Å²) in [6, 6.07) is 20.4. The molecule has 0 saturated heterocycles. The lowest BCUT2D eigenvalue weighted by atomic mass is 10.00. The Hall–Kier alpha value is -1.92. The van der Waals surface area contributed by atoms with E-state index in [9.17, 15) is 0 Å². The quantitative estimate of drug-likeness (QED) is 0.515. The Morgan fingerprint density at radius 2 is 0.947 bits per heavy atom. The van der Waals surface area contributed by atoms with Crippen molar-refractivity contribution in [3.05, 3.63) is 71.8 Å². The molecule has 0 fully saturated rings. The zero-order valence-electron chi connectivity index (χ0n) is 10.1. The Morgan fingerprint density at radius 3 is 1.21 bits per heavy atom. The molecule has 0 amide bonds. The van der Waals surface area contributed by atoms with Gasteiger partial charge in [0.2, 0.25) is 0 Å². The highest BCUT2D eigenvalue weighted by Crippen LogP contribution is 2.20. The van der Waals surface area contributed by atoms with Gasteiger partial charge >= 0.3 is 0 Å². The summed E-state index contributed by atoms with van der Waals surface area (Å²) < 4.78 is 0. The smallest absolute Gasteiger partial charge is 0.0710 e. The van der Waals surface area contributed by atoms with Crippen molar-refractivity contribution in [1.29, 1.82) is 0 Å². The molecule has 2 rings (SSSR count). The van der Waals surface area contributed by atoms with E-state index < -0.39 is 0 Å². The third-order valence-electron chi connectivity index (χ3n) is 2.43. The number of rotatable bonds is 3. The molecule has 0 bridgehead atoms. The second kappa shape index (κ2) is 11.2. The summed E-state index contributed by atoms with van der Waals surface area (Å²) >= 11 is 0. The molecule has 2 nitrogen and oxygen atoms in total. The standard InChI is InChI=1S/C13H14N2.4FH/c14-15-13(11-7-3-1-4-8-11)12-9-5-2-6-10-12;;;;/h1-10,13,15H,14H2;4*1H. The fourth-order valence-electron chi connectivity index (χ4n) is 1.68. The maximum Gasteiger partial charge on any atom is 0.0710 e. The fourth-order valence-corrected chi connectivity index (χ4v) is 1.68. The summed E-state index contributed by atoms with van der Waals surface area (Å²) in [6.45, 7) is 0. The van der Waals surface area contributed by atoms with Crippen LogP contribution in [0.2, 0.25) is 0 Å². The van der Waals surface area contributed by atoms with Crippen molar-refractivity contribution < 1.29 is 18.8 Å². The van der Waals surface area contributed by atoms with Crippen LogP contribution >= 0.6 is 0 Å². The first-order valence-corrected chi connectivity index (χ1v) is 4.98. The normalized spacial score (nSPS) is 8.32. The summed E-state index contributed by atoms with van der Waals surface area (Å²) in [4.78, 5) is 0. The summed E-state index contributed by atoms with van der Waals surface area (Å²) in [5, 5.41) is 0. The minimum absolute atomic E-state index is 0. The summed E-state index contributed by atoms with van der Waals surface area (Å²) in [5.74, 6) is 5.59. The molecule has 0 aliphatic heterocycles. The highest BCUT2D eigenvalue weighted by atomic mass is 19.0. The molecule has 0 saturated carbocycles. The monoisotopic (exact) mass is 278 g/mol. The van der Waals surface area contributed by atoms with E-state index in [-0.39, 0.29) is 24.9 Å². The van der Waals surface area contributed by atoms with E-state index in [4.69, 9.17) is 5.84 Å². The van der Waals surface area contributed by atoms with Gasteiger partial charge < -0.3 is 0 Å². The van der Waals surface area contributed by atoms with Gasteiger partial charge in [0, 0.05) is 0 Å². The number of nitrogens with two attached hydrogens (primary N) is 1. The average molecular weight is 278 g/mol. The Kier molecular flexibility index (Phi) is 13.1. The topological polar surface area (TPSA) is 38.0 Å². The molecule has 0 aliphatic carbocycles. The zero-order chi connectivity index (χ0) is 10.5. The number of benzene rings is 2. The number of hydrogen-bond donors (Lipinski definition) is 2. The molecule has 0 unspecified atom stereocenters. The van der Waals surface area contributed by atoms with Gasteiger partial charge in [-0.2, -0.15) is 0 Å². The van der Waals surface area contributed by atoms with Crippen molar-refractivity contribution >= 4 is 0 Å². The van der Waals surface area contributed by atoms with Crippen LogP contribution in [0.4, 0.5) is 18.8 Å². The van der Waals surface area contributed by atoms with Crippen LogP contribution in [0.1, 0.15) is 17.2 Å². The molecule has 0 radical (unpaired) electrons. The van der Waals surface area contributed by atoms with Crippen LogP contribution in [-0.4, -0.2) is 0 Å². The zero-order valence-corrected chi connectivity index (χ0v) is 10.1. The molecule has 2 aromatic rings. The van der Waals surface area contributed by atoms with Gasteiger partial charge in [-0.05, 0) is 11.1 Å². The number of hydrogen-bond acceptors (Lipinski definition) is 2. The van der Waals surface area contributed by atoms with Crippen molar-refractivity contribution in [2.24, 2.45) is 5.84 Å². The van der Waals surface area contributed by atoms with E-state index in [1.54, 1.807) is 0 Å². The SMILES string of the molecule is F.F.F.F.NNC(c1ccccc1)c1ccccc1. The summed E-state index contributed by atoms with van der Waals surface area (Å²) in [7, 11) is 0. The maximum absolute atomic E-state index is 5.59. The molecule has 0 spiro atoms. The fraction of sp³-hybridized carbons (Fsp3) is 0.0769. The maximum atomic E-state index is 5.59. The molecular weight excluding hydrogens is 260 g/mol. The van der Waals surface area contributed by atoms with Crippen molar-refractivity contribution in [2.45, 2.75) is 6.04 Å². The third-order valence-corrected chi connectivity index (χ3v) is 2.43. The molecular formula is C13H18F4N2. The lowest BCUT2D eigenvalue weighted by Crippen LogP contribution is -2.28. The summed E-state index contributed by atoms with van der Waals surface area (Å²) in [6.07, 6.45) is 0. The minimum Gasteiger partial charge on any atom is -0.271 e. The van der Waals surface area contributed by atoms with Crippen LogP contribution in [0.15, 0.2) is 60.7 Å². The number of halogens is 4. The van der Waals surface area contributed by atoms with E-state index >= 15 is 0 Å². The molecule has 0 atom stereocenters. The first-order valence-electron chi connectivity index (χ1n) is 4.98. The molecule has 0 heterocycles. The second-order valence-electron chi connectivity index (χ2n) is 3.42. The Bertz CT molecular complexity index is 372. The lowest BCUT2D eigenvalue weighted by molar-refractivity contribution is 0.637. The third kappa shape index (κ3) is 5.50. The molecule has 0 aliphatic rings. The number of hydrazine groups is 1. The Morgan fingerprint density at radius 1 is 0.632 bits per heavy atom. The van der Waals surface area contributed by atoms with E-state index in [1.807, 2.05) is 36.4 Å². The van der Waals surface area contributed by atoms with Crippen LogP contribution in [0.3, 0.4) is 0 Å². The molecule has 2 aromatic carbocycles. The highest BCUT2D eigenvalue weighted by molar-refractivity contribution is 5.31. The van der Waals surface area contributed by atoms with Crippen LogP contribution < -0.4 is 11.3 Å². The van der Waals surface area contributed by atoms with Crippen molar-refractivity contribution in [1.82, 2.24) is 5.43 Å². The predicted molar refractivity (Wildman–Crippen MR) is 72.1 cm³/mol. The molecule has 0 aromatic heterocycles. The van der Waals surface area contributed by atoms with E-state index in [0.717, 1.165) is 0 Å². The minimum atomic E-state index is 0. The van der Waals surface area contributed by atoms with Crippen LogP contribution in [-0.2, 0) is 0 Å². The van der Waals surface area contributed by atoms with E-state index in [1.165, 1.54) is 11.1 Å². The van der Waals surface area contributed by atoms with Crippen LogP contribution in [0, 0.1) is 0 Å². The highest BCUT2D eigenvalue weighted by Gasteiger charge is 2.10. The van der Waals surface area contributed by atoms with Gasteiger partial charge in [-0.25, -0.2) is 5.43 Å². The molecule has 3 N–H and O–H groups in total. The van der Waals surface area contributed by atoms with E-state index in [2.05, 4.69) is 29.7 Å². The lowest BCUT2D eigenvalue weighted by Gasteiger charge is -2.16. The van der Waals surface area contributed by atoms with Crippen LogP contribution in [0.25, 0.3) is 0 Å². The van der Waals surface area contributed by atoms with Gasteiger partial charge in [0.25, 0.3) is 0 Å². The van der Waals surface area contributed by atoms with Gasteiger partial charge in [-0.15, -0.1) is 0 Å². The molecule has 108 valence electrons. The second-order valence-corrected chi connectivity index (χ2v) is 3.42. The van der Waals surface area contributed by atoms with Gasteiger partial charge in [-0.1, -0.05) is 60.7 Å². The average Bonchev–Trinajstić information content (AvgIpc) is 2.33. The summed E-state index contributed by atoms with van der Waals surface area (Å²) in [5.41, 5.74) is 5.18.